The van der Waals surface area contributed by atoms with Gasteiger partial charge in [0.2, 0.25) is 5.91 Å². The van der Waals surface area contributed by atoms with E-state index in [4.69, 9.17) is 5.73 Å². The van der Waals surface area contributed by atoms with Crippen LogP contribution >= 0.6 is 0 Å². The van der Waals surface area contributed by atoms with Crippen molar-refractivity contribution in [2.75, 3.05) is 16.4 Å². The molecule has 3 aromatic rings. The molecular weight excluding hydrogens is 526 g/mol. The minimum Gasteiger partial charge on any atom is -0.397 e. The second-order valence-corrected chi connectivity index (χ2v) is 10.5. The molecule has 0 spiro atoms. The van der Waals surface area contributed by atoms with Crippen LogP contribution in [0.5, 0.6) is 0 Å². The molecule has 1 amide bonds. The van der Waals surface area contributed by atoms with Gasteiger partial charge in [0.25, 0.3) is 20.2 Å². The lowest BCUT2D eigenvalue weighted by molar-refractivity contribution is -0.111. The van der Waals surface area contributed by atoms with Crippen molar-refractivity contribution in [3.8, 4) is 0 Å². The van der Waals surface area contributed by atoms with Crippen LogP contribution in [-0.2, 0) is 25.0 Å². The number of nitrogens with one attached hydrogen (secondary N) is 2. The topological polar surface area (TPSA) is 210 Å². The number of fused-ring (bicyclic) bond motifs is 2. The maximum Gasteiger partial charge on any atom is 0.296 e. The maximum absolute atomic E-state index is 13.4. The molecule has 0 atom stereocenters. The summed E-state index contributed by atoms with van der Waals surface area (Å²) in [4.78, 5) is 36.5. The molecule has 0 heterocycles. The van der Waals surface area contributed by atoms with E-state index in [9.17, 15) is 40.3 Å². The summed E-state index contributed by atoms with van der Waals surface area (Å²) in [5.41, 5.74) is 3.51. The van der Waals surface area contributed by atoms with E-state index in [0.717, 1.165) is 24.3 Å². The number of nitrogens with two attached hydrogens (primary N) is 1. The van der Waals surface area contributed by atoms with Gasteiger partial charge in [0.05, 0.1) is 28.2 Å². The fourth-order valence-electron chi connectivity index (χ4n) is 3.86. The normalized spacial score (nSPS) is 12.9. The first-order chi connectivity index (χ1) is 17.2. The van der Waals surface area contributed by atoms with Gasteiger partial charge in [0.15, 0.2) is 11.6 Å². The zero-order valence-corrected chi connectivity index (χ0v) is 20.2. The van der Waals surface area contributed by atoms with Crippen LogP contribution in [0.25, 0.3) is 0 Å². The summed E-state index contributed by atoms with van der Waals surface area (Å²) >= 11 is 0. The van der Waals surface area contributed by atoms with Gasteiger partial charge in [-0.15, -0.1) is 0 Å². The third-order valence-corrected chi connectivity index (χ3v) is 7.25. The minimum absolute atomic E-state index is 0.0143. The van der Waals surface area contributed by atoms with Gasteiger partial charge in [0, 0.05) is 16.8 Å². The Morgan fingerprint density at radius 2 is 1.41 bits per heavy atom. The van der Waals surface area contributed by atoms with Crippen molar-refractivity contribution in [3.63, 3.8) is 0 Å². The summed E-state index contributed by atoms with van der Waals surface area (Å²) in [5, 5.41) is 4.86. The van der Waals surface area contributed by atoms with Gasteiger partial charge in [-0.2, -0.15) is 16.8 Å². The lowest BCUT2D eigenvalue weighted by Crippen LogP contribution is -2.25. The van der Waals surface area contributed by atoms with Crippen molar-refractivity contribution in [3.05, 3.63) is 83.4 Å². The first-order valence-corrected chi connectivity index (χ1v) is 13.1. The van der Waals surface area contributed by atoms with E-state index in [1.54, 1.807) is 0 Å². The van der Waals surface area contributed by atoms with Crippen molar-refractivity contribution in [1.29, 1.82) is 0 Å². The molecule has 0 unspecified atom stereocenters. The summed E-state index contributed by atoms with van der Waals surface area (Å²) < 4.78 is 67.8. The molecule has 1 aliphatic rings. The average molecular weight is 544 g/mol. The number of nitrogen functional groups attached to an aromatic ring is 1. The minimum atomic E-state index is -5.01. The molecule has 0 bridgehead atoms. The number of hydrogen-bond donors (Lipinski definition) is 5. The second-order valence-electron chi connectivity index (χ2n) is 7.77. The zero-order valence-electron chi connectivity index (χ0n) is 18.5. The number of ketones is 2. The number of benzene rings is 3. The van der Waals surface area contributed by atoms with E-state index in [-0.39, 0.29) is 28.1 Å². The molecule has 0 fully saturated rings. The average Bonchev–Trinajstić information content (AvgIpc) is 2.82. The molecule has 14 heteroatoms. The van der Waals surface area contributed by atoms with Gasteiger partial charge in [0.1, 0.15) is 9.79 Å². The molecule has 1 aliphatic carbocycles. The molecule has 0 aromatic heterocycles. The van der Waals surface area contributed by atoms with E-state index >= 15 is 0 Å². The smallest absolute Gasteiger partial charge is 0.296 e. The van der Waals surface area contributed by atoms with Gasteiger partial charge < -0.3 is 16.4 Å². The van der Waals surface area contributed by atoms with E-state index in [2.05, 4.69) is 17.2 Å². The zero-order chi connectivity index (χ0) is 27.3. The predicted octanol–water partition coefficient (Wildman–Crippen LogP) is 2.41. The van der Waals surface area contributed by atoms with Crippen molar-refractivity contribution in [2.24, 2.45) is 0 Å². The Morgan fingerprint density at radius 1 is 0.838 bits per heavy atom. The van der Waals surface area contributed by atoms with E-state index in [1.165, 1.54) is 30.3 Å². The fraction of sp³-hybridized carbons (Fsp3) is 0. The molecule has 0 saturated heterocycles. The Labute approximate surface area is 210 Å². The summed E-state index contributed by atoms with van der Waals surface area (Å²) in [5.74, 6) is -2.20. The Bertz CT molecular complexity index is 1760. The monoisotopic (exact) mass is 543 g/mol. The molecule has 0 saturated carbocycles. The Hall–Kier alpha value is -4.37. The Morgan fingerprint density at radius 3 is 1.95 bits per heavy atom. The summed E-state index contributed by atoms with van der Waals surface area (Å²) in [6, 6.07) is 9.73. The lowest BCUT2D eigenvalue weighted by Gasteiger charge is -2.24. The number of rotatable bonds is 6. The van der Waals surface area contributed by atoms with Crippen LogP contribution in [-0.4, -0.2) is 43.4 Å². The highest BCUT2D eigenvalue weighted by atomic mass is 32.2. The van der Waals surface area contributed by atoms with Crippen LogP contribution in [0.3, 0.4) is 0 Å². The van der Waals surface area contributed by atoms with Crippen molar-refractivity contribution in [1.82, 2.24) is 0 Å². The van der Waals surface area contributed by atoms with Crippen LogP contribution < -0.4 is 16.4 Å². The highest BCUT2D eigenvalue weighted by Gasteiger charge is 2.36. The molecule has 12 nitrogen and oxygen atoms in total. The third-order valence-electron chi connectivity index (χ3n) is 5.46. The molecule has 190 valence electrons. The predicted molar refractivity (Wildman–Crippen MR) is 132 cm³/mol. The largest absolute Gasteiger partial charge is 0.397 e. The molecule has 4 rings (SSSR count). The summed E-state index contributed by atoms with van der Waals surface area (Å²) in [6.07, 6.45) is 0.928. The summed E-state index contributed by atoms with van der Waals surface area (Å²) in [7, 11) is -9.96. The van der Waals surface area contributed by atoms with Crippen LogP contribution in [0.4, 0.5) is 22.7 Å². The van der Waals surface area contributed by atoms with Crippen LogP contribution in [0.1, 0.15) is 31.8 Å². The van der Waals surface area contributed by atoms with Crippen molar-refractivity contribution in [2.45, 2.75) is 9.79 Å². The number of carbonyl (C=O) groups is 3. The third kappa shape index (κ3) is 4.61. The SMILES string of the molecule is C=CC(=O)Nc1ccc(Nc2cc(S(=O)(=O)O)c(N)c3c2C(=O)c2ccccc2C3=O)c(S(=O)(=O)O)c1. The molecule has 0 radical (unpaired) electrons. The van der Waals surface area contributed by atoms with Gasteiger partial charge in [-0.3, -0.25) is 23.5 Å². The van der Waals surface area contributed by atoms with Crippen LogP contribution in [0, 0.1) is 0 Å². The maximum atomic E-state index is 13.4. The molecule has 3 aromatic carbocycles. The van der Waals surface area contributed by atoms with E-state index in [0.29, 0.717) is 0 Å². The first-order valence-electron chi connectivity index (χ1n) is 10.2. The van der Waals surface area contributed by atoms with Gasteiger partial charge in [-0.25, -0.2) is 0 Å². The highest BCUT2D eigenvalue weighted by Crippen LogP contribution is 2.41. The highest BCUT2D eigenvalue weighted by molar-refractivity contribution is 7.86. The lowest BCUT2D eigenvalue weighted by atomic mass is 9.82. The van der Waals surface area contributed by atoms with E-state index in [1.807, 2.05) is 0 Å². The molecule has 37 heavy (non-hydrogen) atoms. The molecule has 0 aliphatic heterocycles. The van der Waals surface area contributed by atoms with Gasteiger partial charge >= 0.3 is 0 Å². The number of amides is 1. The van der Waals surface area contributed by atoms with Crippen molar-refractivity contribution < 1.29 is 40.3 Å². The van der Waals surface area contributed by atoms with Gasteiger partial charge in [-0.1, -0.05) is 30.8 Å². The van der Waals surface area contributed by atoms with Crippen molar-refractivity contribution >= 4 is 60.5 Å². The number of anilines is 4. The van der Waals surface area contributed by atoms with E-state index < -0.39 is 64.4 Å². The Kier molecular flexibility index (Phi) is 6.21. The number of hydrogen-bond acceptors (Lipinski definition) is 9. The summed E-state index contributed by atoms with van der Waals surface area (Å²) in [6.45, 7) is 3.28. The van der Waals surface area contributed by atoms with Crippen LogP contribution in [0.2, 0.25) is 0 Å². The van der Waals surface area contributed by atoms with Crippen LogP contribution in [0.15, 0.2) is 71.0 Å². The quantitative estimate of drug-likeness (QED) is 0.135. The van der Waals surface area contributed by atoms with Gasteiger partial charge in [-0.05, 0) is 30.3 Å². The fourth-order valence-corrected chi connectivity index (χ4v) is 5.18. The second kappa shape index (κ2) is 8.94. The molecule has 6 N–H and O–H groups in total. The standard InChI is InChI=1S/C23H17N3O9S2/c1-2-18(27)25-11-7-8-14(16(9-11)36(30,31)32)26-15-10-17(37(33,34)35)21(24)20-19(15)22(28)12-5-3-4-6-13(12)23(20)29/h2-10,26H,1,24H2,(H,25,27)(H,30,31,32)(H,33,34,35). The Balaban J connectivity index is 1.98. The first kappa shape index (κ1) is 25.7. The number of carbonyl (C=O) groups excluding carboxylic acids is 3. The molecular formula is C23H17N3O9S2.